The van der Waals surface area contributed by atoms with Crippen LogP contribution in [0.25, 0.3) is 0 Å². The molecule has 15 heavy (non-hydrogen) atoms. The van der Waals surface area contributed by atoms with Gasteiger partial charge in [-0.1, -0.05) is 30.3 Å². The molecule has 1 aliphatic rings. The van der Waals surface area contributed by atoms with Gasteiger partial charge in [-0.05, 0) is 19.1 Å². The van der Waals surface area contributed by atoms with Crippen molar-refractivity contribution in [3.8, 4) is 0 Å². The minimum absolute atomic E-state index is 0.0767. The van der Waals surface area contributed by atoms with Gasteiger partial charge in [0.2, 0.25) is 5.78 Å². The highest BCUT2D eigenvalue weighted by Crippen LogP contribution is 2.34. The number of Topliss-reactive ketones (excluding diaryl/α,β-unsaturated/α-hetero) is 1. The van der Waals surface area contributed by atoms with Crippen LogP contribution in [0, 0.1) is 0 Å². The molecule has 1 unspecified atom stereocenters. The third-order valence-electron chi connectivity index (χ3n) is 2.49. The van der Waals surface area contributed by atoms with E-state index in [9.17, 15) is 4.79 Å². The van der Waals surface area contributed by atoms with Gasteiger partial charge < -0.3 is 4.74 Å². The van der Waals surface area contributed by atoms with Crippen molar-refractivity contribution in [2.45, 2.75) is 18.3 Å². The maximum Gasteiger partial charge on any atom is 0.204 e. The Kier molecular flexibility index (Phi) is 3.12. The lowest BCUT2D eigenvalue weighted by atomic mass is 10.1. The Morgan fingerprint density at radius 3 is 2.73 bits per heavy atom. The first-order valence-electron chi connectivity index (χ1n) is 5.10. The Balaban J connectivity index is 2.20. The van der Waals surface area contributed by atoms with Gasteiger partial charge in [0.15, 0.2) is 4.93 Å². The average molecular weight is 222 g/mol. The molecule has 1 atom stereocenters. The van der Waals surface area contributed by atoms with E-state index in [1.165, 1.54) is 0 Å². The van der Waals surface area contributed by atoms with Gasteiger partial charge in [0.05, 0.1) is 0 Å². The number of benzene rings is 1. The van der Waals surface area contributed by atoms with Crippen LogP contribution in [-0.4, -0.2) is 23.1 Å². The Bertz CT molecular complexity index is 342. The summed E-state index contributed by atoms with van der Waals surface area (Å²) in [6.07, 6.45) is 1.03. The second-order valence-corrected chi connectivity index (χ2v) is 5.17. The van der Waals surface area contributed by atoms with Gasteiger partial charge in [0, 0.05) is 12.2 Å². The summed E-state index contributed by atoms with van der Waals surface area (Å²) in [5.74, 6) is 1.07. The minimum atomic E-state index is -0.681. The third-order valence-corrected chi connectivity index (χ3v) is 3.84. The van der Waals surface area contributed by atoms with Crippen LogP contribution in [0.3, 0.4) is 0 Å². The molecule has 0 bridgehead atoms. The SMILES string of the molecule is CC1(C(=O)c2ccccc2)OCCCS1. The van der Waals surface area contributed by atoms with Crippen LogP contribution in [0.15, 0.2) is 30.3 Å². The standard InChI is InChI=1S/C12H14O2S/c1-12(14-8-5-9-15-12)11(13)10-6-3-2-4-7-10/h2-4,6-7H,5,8-9H2,1H3. The van der Waals surface area contributed by atoms with Crippen molar-refractivity contribution >= 4 is 17.5 Å². The molecular formula is C12H14O2S. The minimum Gasteiger partial charge on any atom is -0.357 e. The van der Waals surface area contributed by atoms with E-state index in [0.717, 1.165) is 17.7 Å². The first kappa shape index (κ1) is 10.7. The predicted molar refractivity (Wildman–Crippen MR) is 62.2 cm³/mol. The molecule has 0 N–H and O–H groups in total. The first-order chi connectivity index (χ1) is 7.22. The molecule has 0 aliphatic carbocycles. The van der Waals surface area contributed by atoms with Gasteiger partial charge in [0.25, 0.3) is 0 Å². The van der Waals surface area contributed by atoms with Gasteiger partial charge in [-0.3, -0.25) is 4.79 Å². The molecule has 3 heteroatoms. The molecule has 1 aliphatic heterocycles. The number of hydrogen-bond acceptors (Lipinski definition) is 3. The molecule has 1 aromatic rings. The molecule has 2 rings (SSSR count). The number of carbonyl (C=O) groups is 1. The fourth-order valence-corrected chi connectivity index (χ4v) is 2.68. The van der Waals surface area contributed by atoms with Gasteiger partial charge in [-0.15, -0.1) is 11.8 Å². The Morgan fingerprint density at radius 2 is 2.13 bits per heavy atom. The molecule has 0 radical (unpaired) electrons. The summed E-state index contributed by atoms with van der Waals surface area (Å²) in [7, 11) is 0. The third kappa shape index (κ3) is 2.24. The van der Waals surface area contributed by atoms with Crippen molar-refractivity contribution in [1.29, 1.82) is 0 Å². The number of carbonyl (C=O) groups excluding carboxylic acids is 1. The number of thioether (sulfide) groups is 1. The Morgan fingerprint density at radius 1 is 1.40 bits per heavy atom. The fourth-order valence-electron chi connectivity index (χ4n) is 1.62. The summed E-state index contributed by atoms with van der Waals surface area (Å²) in [6, 6.07) is 9.35. The van der Waals surface area contributed by atoms with Crippen molar-refractivity contribution in [2.24, 2.45) is 0 Å². The quantitative estimate of drug-likeness (QED) is 0.720. The molecule has 0 amide bonds. The zero-order chi connectivity index (χ0) is 10.7. The van der Waals surface area contributed by atoms with Crippen molar-refractivity contribution in [2.75, 3.05) is 12.4 Å². The second-order valence-electron chi connectivity index (χ2n) is 3.69. The molecular weight excluding hydrogens is 208 g/mol. The lowest BCUT2D eigenvalue weighted by Crippen LogP contribution is -2.38. The van der Waals surface area contributed by atoms with E-state index in [0.29, 0.717) is 6.61 Å². The average Bonchev–Trinajstić information content (AvgIpc) is 2.30. The summed E-state index contributed by atoms with van der Waals surface area (Å²) >= 11 is 1.60. The molecule has 2 nitrogen and oxygen atoms in total. The second kappa shape index (κ2) is 4.37. The first-order valence-corrected chi connectivity index (χ1v) is 6.09. The van der Waals surface area contributed by atoms with Crippen LogP contribution < -0.4 is 0 Å². The van der Waals surface area contributed by atoms with Crippen LogP contribution in [0.4, 0.5) is 0 Å². The monoisotopic (exact) mass is 222 g/mol. The van der Waals surface area contributed by atoms with E-state index >= 15 is 0 Å². The Hall–Kier alpha value is -0.800. The fraction of sp³-hybridized carbons (Fsp3) is 0.417. The number of hydrogen-bond donors (Lipinski definition) is 0. The number of rotatable bonds is 2. The smallest absolute Gasteiger partial charge is 0.204 e. The van der Waals surface area contributed by atoms with E-state index in [2.05, 4.69) is 0 Å². The van der Waals surface area contributed by atoms with E-state index in [1.54, 1.807) is 11.8 Å². The van der Waals surface area contributed by atoms with Crippen LogP contribution in [0.1, 0.15) is 23.7 Å². The summed E-state index contributed by atoms with van der Waals surface area (Å²) in [4.78, 5) is 11.5. The van der Waals surface area contributed by atoms with Gasteiger partial charge in [-0.2, -0.15) is 0 Å². The molecule has 1 saturated heterocycles. The normalized spacial score (nSPS) is 26.2. The largest absolute Gasteiger partial charge is 0.357 e. The van der Waals surface area contributed by atoms with Crippen molar-refractivity contribution in [3.63, 3.8) is 0 Å². The predicted octanol–water partition coefficient (Wildman–Crippen LogP) is 2.74. The van der Waals surface area contributed by atoms with E-state index < -0.39 is 4.93 Å². The highest BCUT2D eigenvalue weighted by Gasteiger charge is 2.37. The van der Waals surface area contributed by atoms with Gasteiger partial charge >= 0.3 is 0 Å². The summed E-state index contributed by atoms with van der Waals surface area (Å²) < 4.78 is 5.60. The Labute approximate surface area is 94.0 Å². The molecule has 1 fully saturated rings. The number of ketones is 1. The molecule has 0 spiro atoms. The van der Waals surface area contributed by atoms with Crippen LogP contribution in [-0.2, 0) is 4.74 Å². The zero-order valence-electron chi connectivity index (χ0n) is 8.73. The molecule has 0 saturated carbocycles. The maximum absolute atomic E-state index is 12.2. The summed E-state index contributed by atoms with van der Waals surface area (Å²) in [6.45, 7) is 2.55. The van der Waals surface area contributed by atoms with Crippen molar-refractivity contribution < 1.29 is 9.53 Å². The maximum atomic E-state index is 12.2. The zero-order valence-corrected chi connectivity index (χ0v) is 9.55. The van der Waals surface area contributed by atoms with Crippen LogP contribution in [0.5, 0.6) is 0 Å². The lowest BCUT2D eigenvalue weighted by Gasteiger charge is -2.31. The van der Waals surface area contributed by atoms with Crippen molar-refractivity contribution in [3.05, 3.63) is 35.9 Å². The van der Waals surface area contributed by atoms with Crippen molar-refractivity contribution in [1.82, 2.24) is 0 Å². The molecule has 80 valence electrons. The van der Waals surface area contributed by atoms with E-state index in [4.69, 9.17) is 4.74 Å². The van der Waals surface area contributed by atoms with E-state index in [-0.39, 0.29) is 5.78 Å². The molecule has 0 aromatic heterocycles. The van der Waals surface area contributed by atoms with Gasteiger partial charge in [0.1, 0.15) is 0 Å². The van der Waals surface area contributed by atoms with Crippen LogP contribution in [0.2, 0.25) is 0 Å². The van der Waals surface area contributed by atoms with Gasteiger partial charge in [-0.25, -0.2) is 0 Å². The highest BCUT2D eigenvalue weighted by atomic mass is 32.2. The highest BCUT2D eigenvalue weighted by molar-refractivity contribution is 8.01. The topological polar surface area (TPSA) is 26.3 Å². The molecule has 1 aromatic carbocycles. The summed E-state index contributed by atoms with van der Waals surface area (Å²) in [5.41, 5.74) is 0.731. The molecule has 1 heterocycles. The number of ether oxygens (including phenoxy) is 1. The summed E-state index contributed by atoms with van der Waals surface area (Å²) in [5, 5.41) is 0. The lowest BCUT2D eigenvalue weighted by molar-refractivity contribution is 0.0289. The van der Waals surface area contributed by atoms with E-state index in [1.807, 2.05) is 37.3 Å². The van der Waals surface area contributed by atoms with Crippen LogP contribution >= 0.6 is 11.8 Å².